The molecule has 0 bridgehead atoms. The van der Waals surface area contributed by atoms with E-state index in [2.05, 4.69) is 17.2 Å². The number of rotatable bonds is 6. The third-order valence-electron chi connectivity index (χ3n) is 2.67. The Labute approximate surface area is 108 Å². The molecule has 18 heavy (non-hydrogen) atoms. The van der Waals surface area contributed by atoms with Gasteiger partial charge in [-0.05, 0) is 31.0 Å². The number of likely N-dealkylation sites (N-methyl/N-ethyl adjacent to an activating group) is 1. The Bertz CT molecular complexity index is 406. The summed E-state index contributed by atoms with van der Waals surface area (Å²) in [5, 5.41) is 2.63. The van der Waals surface area contributed by atoms with Crippen LogP contribution in [0.4, 0.5) is 5.82 Å². The highest BCUT2D eigenvalue weighted by Gasteiger charge is 2.12. The van der Waals surface area contributed by atoms with E-state index in [1.807, 2.05) is 24.0 Å². The van der Waals surface area contributed by atoms with Crippen LogP contribution >= 0.6 is 0 Å². The molecule has 0 aliphatic rings. The van der Waals surface area contributed by atoms with Gasteiger partial charge in [0.15, 0.2) is 0 Å². The van der Waals surface area contributed by atoms with Gasteiger partial charge < -0.3 is 16.0 Å². The molecule has 0 saturated heterocycles. The number of hydrogen-bond acceptors (Lipinski definition) is 4. The maximum atomic E-state index is 11.5. The van der Waals surface area contributed by atoms with Gasteiger partial charge in [0.25, 0.3) is 0 Å². The van der Waals surface area contributed by atoms with Crippen LogP contribution in [-0.4, -0.2) is 31.0 Å². The Balaban J connectivity index is 2.96. The average molecular weight is 250 g/mol. The van der Waals surface area contributed by atoms with Crippen LogP contribution < -0.4 is 16.0 Å². The Morgan fingerprint density at radius 1 is 1.50 bits per heavy atom. The van der Waals surface area contributed by atoms with Gasteiger partial charge in [-0.1, -0.05) is 6.92 Å². The van der Waals surface area contributed by atoms with Crippen molar-refractivity contribution in [1.82, 2.24) is 10.3 Å². The lowest BCUT2D eigenvalue weighted by Gasteiger charge is -2.23. The van der Waals surface area contributed by atoms with Crippen molar-refractivity contribution in [2.75, 3.05) is 25.0 Å². The predicted molar refractivity (Wildman–Crippen MR) is 73.4 cm³/mol. The lowest BCUT2D eigenvalue weighted by molar-refractivity contribution is -0.119. The minimum absolute atomic E-state index is 0.0129. The number of nitrogens with zero attached hydrogens (tertiary/aromatic N) is 2. The number of aryl methyl sites for hydroxylation is 1. The fourth-order valence-electron chi connectivity index (χ4n) is 1.80. The van der Waals surface area contributed by atoms with Crippen molar-refractivity contribution < 1.29 is 4.79 Å². The van der Waals surface area contributed by atoms with Crippen LogP contribution in [0.25, 0.3) is 0 Å². The van der Waals surface area contributed by atoms with Gasteiger partial charge in [-0.15, -0.1) is 0 Å². The summed E-state index contributed by atoms with van der Waals surface area (Å²) in [5.74, 6) is 0.807. The first-order valence-corrected chi connectivity index (χ1v) is 6.23. The molecule has 1 rings (SSSR count). The molecule has 0 unspecified atom stereocenters. The van der Waals surface area contributed by atoms with Crippen LogP contribution in [0.1, 0.15) is 24.6 Å². The van der Waals surface area contributed by atoms with Crippen molar-refractivity contribution in [2.24, 2.45) is 5.73 Å². The summed E-state index contributed by atoms with van der Waals surface area (Å²) in [6, 6.07) is 3.92. The van der Waals surface area contributed by atoms with Gasteiger partial charge in [-0.25, -0.2) is 4.98 Å². The second-order valence-corrected chi connectivity index (χ2v) is 4.27. The highest BCUT2D eigenvalue weighted by molar-refractivity contribution is 5.80. The molecule has 100 valence electrons. The number of amides is 1. The number of carbonyl (C=O) groups excluding carboxylic acids is 1. The van der Waals surface area contributed by atoms with Crippen molar-refractivity contribution >= 4 is 11.7 Å². The normalized spacial score (nSPS) is 10.2. The number of pyridine rings is 1. The second-order valence-electron chi connectivity index (χ2n) is 4.27. The van der Waals surface area contributed by atoms with Crippen LogP contribution in [-0.2, 0) is 11.3 Å². The molecular formula is C13H22N4O. The molecule has 0 aromatic carbocycles. The molecule has 5 nitrogen and oxygen atoms in total. The maximum Gasteiger partial charge on any atom is 0.239 e. The molecule has 1 amide bonds. The molecule has 0 aliphatic carbocycles. The molecule has 0 saturated carbocycles. The summed E-state index contributed by atoms with van der Waals surface area (Å²) in [5.41, 5.74) is 7.62. The van der Waals surface area contributed by atoms with Crippen LogP contribution in [0, 0.1) is 6.92 Å². The van der Waals surface area contributed by atoms with Crippen molar-refractivity contribution in [2.45, 2.75) is 26.8 Å². The van der Waals surface area contributed by atoms with E-state index < -0.39 is 0 Å². The van der Waals surface area contributed by atoms with E-state index in [1.54, 1.807) is 7.05 Å². The predicted octanol–water partition coefficient (Wildman–Crippen LogP) is 0.811. The van der Waals surface area contributed by atoms with Crippen molar-refractivity contribution in [3.63, 3.8) is 0 Å². The lowest BCUT2D eigenvalue weighted by atomic mass is 10.2. The maximum absolute atomic E-state index is 11.5. The summed E-state index contributed by atoms with van der Waals surface area (Å²) >= 11 is 0. The number of anilines is 1. The first-order valence-electron chi connectivity index (χ1n) is 6.23. The van der Waals surface area contributed by atoms with Crippen LogP contribution in [0.2, 0.25) is 0 Å². The summed E-state index contributed by atoms with van der Waals surface area (Å²) in [6.45, 7) is 5.62. The first-order chi connectivity index (χ1) is 8.60. The van der Waals surface area contributed by atoms with E-state index >= 15 is 0 Å². The molecule has 1 heterocycles. The number of aromatic nitrogens is 1. The number of hydrogen-bond donors (Lipinski definition) is 2. The fraction of sp³-hybridized carbons (Fsp3) is 0.538. The monoisotopic (exact) mass is 250 g/mol. The minimum atomic E-state index is -0.0129. The number of nitrogens with two attached hydrogens (primary N) is 1. The van der Waals surface area contributed by atoms with Crippen molar-refractivity contribution in [3.8, 4) is 0 Å². The molecular weight excluding hydrogens is 228 g/mol. The van der Waals surface area contributed by atoms with Crippen LogP contribution in [0.15, 0.2) is 12.1 Å². The van der Waals surface area contributed by atoms with E-state index in [0.717, 1.165) is 30.0 Å². The summed E-state index contributed by atoms with van der Waals surface area (Å²) in [7, 11) is 1.64. The zero-order valence-corrected chi connectivity index (χ0v) is 11.4. The molecule has 0 aliphatic heterocycles. The molecule has 1 aromatic heterocycles. The smallest absolute Gasteiger partial charge is 0.239 e. The summed E-state index contributed by atoms with van der Waals surface area (Å²) in [6.07, 6.45) is 0.963. The summed E-state index contributed by atoms with van der Waals surface area (Å²) in [4.78, 5) is 18.0. The largest absolute Gasteiger partial charge is 0.358 e. The number of nitrogens with one attached hydrogen (secondary N) is 1. The van der Waals surface area contributed by atoms with Crippen molar-refractivity contribution in [1.29, 1.82) is 0 Å². The lowest BCUT2D eigenvalue weighted by Crippen LogP contribution is -2.36. The van der Waals surface area contributed by atoms with Gasteiger partial charge in [0, 0.05) is 25.8 Å². The third kappa shape index (κ3) is 4.00. The molecule has 0 radical (unpaired) electrons. The Kier molecular flexibility index (Phi) is 5.58. The zero-order valence-electron chi connectivity index (χ0n) is 11.4. The van der Waals surface area contributed by atoms with Gasteiger partial charge in [-0.2, -0.15) is 0 Å². The van der Waals surface area contributed by atoms with Crippen molar-refractivity contribution in [3.05, 3.63) is 23.4 Å². The zero-order chi connectivity index (χ0) is 13.5. The van der Waals surface area contributed by atoms with Gasteiger partial charge in [0.05, 0.1) is 6.54 Å². The average Bonchev–Trinajstić information content (AvgIpc) is 2.37. The number of carbonyl (C=O) groups is 1. The molecule has 5 heteroatoms. The standard InChI is InChI=1S/C13H22N4O/c1-4-5-17(9-13(18)15-3)12-7-11(8-14)6-10(2)16-12/h6-7H,4-5,8-9,14H2,1-3H3,(H,15,18). The van der Waals surface area contributed by atoms with Crippen LogP contribution in [0.3, 0.4) is 0 Å². The highest BCUT2D eigenvalue weighted by Crippen LogP contribution is 2.15. The summed E-state index contributed by atoms with van der Waals surface area (Å²) < 4.78 is 0. The molecule has 1 aromatic rings. The SMILES string of the molecule is CCCN(CC(=O)NC)c1cc(CN)cc(C)n1. The van der Waals surface area contributed by atoms with Gasteiger partial charge in [0.2, 0.25) is 5.91 Å². The molecule has 0 fully saturated rings. The van der Waals surface area contributed by atoms with E-state index in [-0.39, 0.29) is 5.91 Å². The first kappa shape index (κ1) is 14.4. The van der Waals surface area contributed by atoms with Crippen LogP contribution in [0.5, 0.6) is 0 Å². The minimum Gasteiger partial charge on any atom is -0.358 e. The van der Waals surface area contributed by atoms with E-state index in [4.69, 9.17) is 5.73 Å². The highest BCUT2D eigenvalue weighted by atomic mass is 16.1. The fourth-order valence-corrected chi connectivity index (χ4v) is 1.80. The third-order valence-corrected chi connectivity index (χ3v) is 2.67. The molecule has 3 N–H and O–H groups in total. The topological polar surface area (TPSA) is 71.2 Å². The Morgan fingerprint density at radius 3 is 2.78 bits per heavy atom. The Hall–Kier alpha value is -1.62. The van der Waals surface area contributed by atoms with E-state index in [9.17, 15) is 4.79 Å². The van der Waals surface area contributed by atoms with Gasteiger partial charge in [-0.3, -0.25) is 4.79 Å². The quantitative estimate of drug-likeness (QED) is 0.784. The van der Waals surface area contributed by atoms with Gasteiger partial charge >= 0.3 is 0 Å². The van der Waals surface area contributed by atoms with E-state index in [1.165, 1.54) is 0 Å². The second kappa shape index (κ2) is 6.96. The molecule has 0 spiro atoms. The molecule has 0 atom stereocenters. The Morgan fingerprint density at radius 2 is 2.22 bits per heavy atom. The van der Waals surface area contributed by atoms with Gasteiger partial charge in [0.1, 0.15) is 5.82 Å². The van der Waals surface area contributed by atoms with E-state index in [0.29, 0.717) is 13.1 Å².